The van der Waals surface area contributed by atoms with E-state index in [4.69, 9.17) is 27.9 Å². The molecule has 1 aromatic heterocycles. The maximum atomic E-state index is 6.28. The topological polar surface area (TPSA) is 39.9 Å². The van der Waals surface area contributed by atoms with Gasteiger partial charge in [-0.1, -0.05) is 50.0 Å². The lowest BCUT2D eigenvalue weighted by Crippen LogP contribution is -2.31. The van der Waals surface area contributed by atoms with Crippen LogP contribution in [0, 0.1) is 5.41 Å². The molecule has 0 amide bonds. The summed E-state index contributed by atoms with van der Waals surface area (Å²) in [4.78, 5) is 4.02. The molecule has 0 saturated heterocycles. The molecule has 0 aliphatic heterocycles. The average molecular weight is 340 g/mol. The summed E-state index contributed by atoms with van der Waals surface area (Å²) < 4.78 is 7.41. The predicted molar refractivity (Wildman–Crippen MR) is 90.9 cm³/mol. The van der Waals surface area contributed by atoms with E-state index in [1.807, 2.05) is 12.1 Å². The van der Waals surface area contributed by atoms with E-state index in [-0.39, 0.29) is 11.5 Å². The summed E-state index contributed by atoms with van der Waals surface area (Å²) in [5, 5.41) is 5.41. The smallest absolute Gasteiger partial charge is 0.138 e. The third-order valence-corrected chi connectivity index (χ3v) is 3.80. The van der Waals surface area contributed by atoms with Gasteiger partial charge in [0.25, 0.3) is 0 Å². The minimum absolute atomic E-state index is 0.120. The molecule has 4 nitrogen and oxygen atoms in total. The SMILES string of the molecule is COC(/C(=C/c1ccc(Cl)cc1Cl)n1cncn1)C(C)(C)C. The number of nitrogens with zero attached hydrogens (tertiary/aromatic N) is 3. The van der Waals surface area contributed by atoms with Crippen LogP contribution in [0.5, 0.6) is 0 Å². The van der Waals surface area contributed by atoms with Crippen molar-refractivity contribution in [1.29, 1.82) is 0 Å². The van der Waals surface area contributed by atoms with E-state index in [0.29, 0.717) is 10.0 Å². The fourth-order valence-electron chi connectivity index (χ4n) is 2.30. The second-order valence-corrected chi connectivity index (χ2v) is 6.90. The number of benzene rings is 1. The Balaban J connectivity index is 2.56. The van der Waals surface area contributed by atoms with Gasteiger partial charge in [-0.15, -0.1) is 0 Å². The van der Waals surface area contributed by atoms with Gasteiger partial charge >= 0.3 is 0 Å². The second-order valence-electron chi connectivity index (χ2n) is 6.06. The van der Waals surface area contributed by atoms with Gasteiger partial charge in [0.2, 0.25) is 0 Å². The van der Waals surface area contributed by atoms with Crippen LogP contribution in [0.2, 0.25) is 10.0 Å². The molecule has 6 heteroatoms. The highest BCUT2D eigenvalue weighted by molar-refractivity contribution is 6.35. The molecule has 0 radical (unpaired) electrons. The Morgan fingerprint density at radius 2 is 2.05 bits per heavy atom. The van der Waals surface area contributed by atoms with Gasteiger partial charge in [0, 0.05) is 17.2 Å². The quantitative estimate of drug-likeness (QED) is 0.814. The lowest BCUT2D eigenvalue weighted by Gasteiger charge is -2.31. The van der Waals surface area contributed by atoms with Crippen LogP contribution in [0.15, 0.2) is 30.9 Å². The Morgan fingerprint density at radius 3 is 2.55 bits per heavy atom. The van der Waals surface area contributed by atoms with Gasteiger partial charge in [0.05, 0.1) is 5.70 Å². The first-order valence-electron chi connectivity index (χ1n) is 6.87. The van der Waals surface area contributed by atoms with Crippen LogP contribution in [0.25, 0.3) is 11.8 Å². The normalized spacial score (nSPS) is 14.2. The molecule has 22 heavy (non-hydrogen) atoms. The van der Waals surface area contributed by atoms with Crippen LogP contribution >= 0.6 is 23.2 Å². The molecule has 0 bridgehead atoms. The van der Waals surface area contributed by atoms with Crippen molar-refractivity contribution in [3.63, 3.8) is 0 Å². The molecule has 0 N–H and O–H groups in total. The van der Waals surface area contributed by atoms with Crippen LogP contribution in [-0.4, -0.2) is 28.0 Å². The molecule has 0 saturated carbocycles. The van der Waals surface area contributed by atoms with Crippen LogP contribution in [0.1, 0.15) is 26.3 Å². The van der Waals surface area contributed by atoms with Gasteiger partial charge in [-0.25, -0.2) is 9.67 Å². The van der Waals surface area contributed by atoms with Gasteiger partial charge in [0.1, 0.15) is 18.8 Å². The van der Waals surface area contributed by atoms with Crippen molar-refractivity contribution in [3.05, 3.63) is 46.5 Å². The van der Waals surface area contributed by atoms with Gasteiger partial charge in [-0.2, -0.15) is 5.10 Å². The highest BCUT2D eigenvalue weighted by atomic mass is 35.5. The highest BCUT2D eigenvalue weighted by Gasteiger charge is 2.29. The van der Waals surface area contributed by atoms with Gasteiger partial charge in [-0.3, -0.25) is 0 Å². The van der Waals surface area contributed by atoms with E-state index >= 15 is 0 Å². The average Bonchev–Trinajstić information content (AvgIpc) is 2.93. The summed E-state index contributed by atoms with van der Waals surface area (Å²) in [7, 11) is 1.68. The molecule has 0 aliphatic carbocycles. The number of halogens is 2. The molecule has 2 rings (SSSR count). The summed E-state index contributed by atoms with van der Waals surface area (Å²) in [6.07, 6.45) is 4.91. The van der Waals surface area contributed by atoms with Gasteiger partial charge in [-0.05, 0) is 29.2 Å². The summed E-state index contributed by atoms with van der Waals surface area (Å²) in [6, 6.07) is 5.39. The van der Waals surface area contributed by atoms with Crippen molar-refractivity contribution in [2.75, 3.05) is 7.11 Å². The molecule has 1 aromatic carbocycles. The zero-order valence-electron chi connectivity index (χ0n) is 13.0. The Morgan fingerprint density at radius 1 is 1.32 bits per heavy atom. The first kappa shape index (κ1) is 17.0. The summed E-state index contributed by atoms with van der Waals surface area (Å²) >= 11 is 12.2. The largest absolute Gasteiger partial charge is 0.375 e. The Hall–Kier alpha value is -1.36. The lowest BCUT2D eigenvalue weighted by atomic mass is 9.86. The first-order chi connectivity index (χ1) is 10.3. The van der Waals surface area contributed by atoms with Crippen molar-refractivity contribution < 1.29 is 4.74 Å². The minimum Gasteiger partial charge on any atom is -0.375 e. The van der Waals surface area contributed by atoms with Crippen molar-refractivity contribution in [1.82, 2.24) is 14.8 Å². The third-order valence-electron chi connectivity index (χ3n) is 3.24. The fourth-order valence-corrected chi connectivity index (χ4v) is 2.76. The number of methoxy groups -OCH3 is 1. The highest BCUT2D eigenvalue weighted by Crippen LogP contribution is 2.32. The van der Waals surface area contributed by atoms with Crippen LogP contribution in [0.3, 0.4) is 0 Å². The second kappa shape index (κ2) is 6.82. The van der Waals surface area contributed by atoms with E-state index in [0.717, 1.165) is 11.3 Å². The Labute approximate surface area is 140 Å². The summed E-state index contributed by atoms with van der Waals surface area (Å²) in [5.41, 5.74) is 1.59. The molecule has 1 unspecified atom stereocenters. The molecule has 1 heterocycles. The monoisotopic (exact) mass is 339 g/mol. The van der Waals surface area contributed by atoms with Crippen molar-refractivity contribution in [2.45, 2.75) is 26.9 Å². The molecular formula is C16H19Cl2N3O. The van der Waals surface area contributed by atoms with Crippen molar-refractivity contribution >= 4 is 35.0 Å². The number of hydrogen-bond acceptors (Lipinski definition) is 3. The number of ether oxygens (including phenoxy) is 1. The van der Waals surface area contributed by atoms with Crippen LogP contribution in [-0.2, 0) is 4.74 Å². The van der Waals surface area contributed by atoms with E-state index in [1.165, 1.54) is 6.33 Å². The molecular weight excluding hydrogens is 321 g/mol. The molecule has 0 aliphatic rings. The van der Waals surface area contributed by atoms with Crippen molar-refractivity contribution in [2.24, 2.45) is 5.41 Å². The molecule has 0 spiro atoms. The van der Waals surface area contributed by atoms with Gasteiger partial charge in [0.15, 0.2) is 0 Å². The van der Waals surface area contributed by atoms with Crippen molar-refractivity contribution in [3.8, 4) is 0 Å². The van der Waals surface area contributed by atoms with E-state index in [9.17, 15) is 0 Å². The molecule has 0 fully saturated rings. The first-order valence-corrected chi connectivity index (χ1v) is 7.63. The predicted octanol–water partition coefficient (Wildman–Crippen LogP) is 4.64. The number of rotatable bonds is 4. The molecule has 2 aromatic rings. The standard InChI is InChI=1S/C16H19Cl2N3O/c1-16(2,3)15(22-4)14(21-10-19-9-20-21)7-11-5-6-12(17)8-13(11)18/h5-10,15H,1-4H3/b14-7-. The number of aromatic nitrogens is 3. The Bertz CT molecular complexity index is 661. The van der Waals surface area contributed by atoms with Crippen LogP contribution < -0.4 is 0 Å². The molecule has 1 atom stereocenters. The summed E-state index contributed by atoms with van der Waals surface area (Å²) in [5.74, 6) is 0. The number of hydrogen-bond donors (Lipinski definition) is 0. The van der Waals surface area contributed by atoms with Crippen LogP contribution in [0.4, 0.5) is 0 Å². The zero-order valence-corrected chi connectivity index (χ0v) is 14.6. The minimum atomic E-state index is -0.180. The summed E-state index contributed by atoms with van der Waals surface area (Å²) in [6.45, 7) is 6.32. The third kappa shape index (κ3) is 3.88. The molecule has 118 valence electrons. The van der Waals surface area contributed by atoms with E-state index in [1.54, 1.807) is 30.3 Å². The van der Waals surface area contributed by atoms with E-state index in [2.05, 4.69) is 30.9 Å². The maximum absolute atomic E-state index is 6.28. The zero-order chi connectivity index (χ0) is 16.3. The maximum Gasteiger partial charge on any atom is 0.138 e. The van der Waals surface area contributed by atoms with Gasteiger partial charge < -0.3 is 4.74 Å². The van der Waals surface area contributed by atoms with E-state index < -0.39 is 0 Å². The lowest BCUT2D eigenvalue weighted by molar-refractivity contribution is 0.0570. The Kier molecular flexibility index (Phi) is 5.27. The fraction of sp³-hybridized carbons (Fsp3) is 0.375.